The van der Waals surface area contributed by atoms with Crippen molar-refractivity contribution in [1.82, 2.24) is 0 Å². The second-order valence-electron chi connectivity index (χ2n) is 5.41. The Kier molecular flexibility index (Phi) is 5.54. The molecule has 1 fully saturated rings. The number of halogens is 2. The first-order valence-corrected chi connectivity index (χ1v) is 6.71. The Labute approximate surface area is 146 Å². The summed E-state index contributed by atoms with van der Waals surface area (Å²) < 4.78 is 26.5. The summed E-state index contributed by atoms with van der Waals surface area (Å²) in [4.78, 5) is 0. The minimum atomic E-state index is -0.481. The number of hydrogen-bond donors (Lipinski definition) is 0. The van der Waals surface area contributed by atoms with Crippen LogP contribution < -0.4 is 0 Å². The molecule has 0 amide bonds. The van der Waals surface area contributed by atoms with Crippen molar-refractivity contribution in [3.63, 3.8) is 0 Å². The van der Waals surface area contributed by atoms with E-state index in [2.05, 4.69) is 12.5 Å². The van der Waals surface area contributed by atoms with Gasteiger partial charge in [-0.05, 0) is 42.0 Å². The molecule has 1 saturated carbocycles. The quantitative estimate of drug-likeness (QED) is 0.609. The standard InChI is InChI=1S/C16H17F2.Pr/c17-15-8-14(9-16(18)10-15)13-6-5-11-3-1-2-4-12(11)7-13;/h1,7-12H,2-6H2;/q-1;+3. The van der Waals surface area contributed by atoms with Gasteiger partial charge in [-0.25, -0.2) is 8.78 Å². The van der Waals surface area contributed by atoms with Crippen LogP contribution in [0.25, 0.3) is 5.57 Å². The predicted molar refractivity (Wildman–Crippen MR) is 68.7 cm³/mol. The van der Waals surface area contributed by atoms with E-state index >= 15 is 0 Å². The summed E-state index contributed by atoms with van der Waals surface area (Å²) in [5.74, 6) is 0.390. The third-order valence-corrected chi connectivity index (χ3v) is 4.21. The summed E-state index contributed by atoms with van der Waals surface area (Å²) in [6.45, 7) is 0. The molecule has 0 saturated heterocycles. The van der Waals surface area contributed by atoms with Gasteiger partial charge in [0, 0.05) is 6.07 Å². The third kappa shape index (κ3) is 3.64. The van der Waals surface area contributed by atoms with Crippen molar-refractivity contribution < 1.29 is 50.1 Å². The number of rotatable bonds is 1. The molecule has 3 rings (SSSR count). The molecule has 0 aromatic heterocycles. The van der Waals surface area contributed by atoms with Gasteiger partial charge >= 0.3 is 41.3 Å². The summed E-state index contributed by atoms with van der Waals surface area (Å²) in [6.07, 6.45) is 10.3. The third-order valence-electron chi connectivity index (χ3n) is 4.21. The first-order chi connectivity index (χ1) is 8.72. The van der Waals surface area contributed by atoms with Crippen molar-refractivity contribution >= 4 is 5.57 Å². The molecule has 2 aliphatic rings. The van der Waals surface area contributed by atoms with Crippen molar-refractivity contribution in [1.29, 1.82) is 0 Å². The first kappa shape index (κ1) is 15.6. The Morgan fingerprint density at radius 3 is 2.53 bits per heavy atom. The molecule has 3 heteroatoms. The second kappa shape index (κ2) is 6.76. The van der Waals surface area contributed by atoms with E-state index < -0.39 is 11.6 Å². The largest absolute Gasteiger partial charge is 3.00 e. The van der Waals surface area contributed by atoms with E-state index in [9.17, 15) is 8.78 Å². The van der Waals surface area contributed by atoms with Crippen LogP contribution >= 0.6 is 0 Å². The fourth-order valence-electron chi connectivity index (χ4n) is 3.27. The summed E-state index contributed by atoms with van der Waals surface area (Å²) in [7, 11) is 0. The second-order valence-corrected chi connectivity index (χ2v) is 5.41. The minimum absolute atomic E-state index is 0. The SMILES string of the molecule is Fc1cc(F)cc(C2=CC3CC[CH-]CC3CC2)c1.[Pr+3]. The molecule has 0 N–H and O–H groups in total. The molecule has 0 spiro atoms. The van der Waals surface area contributed by atoms with Crippen molar-refractivity contribution in [2.24, 2.45) is 11.8 Å². The average Bonchev–Trinajstić information content (AvgIpc) is 2.37. The van der Waals surface area contributed by atoms with Crippen LogP contribution in [0, 0.1) is 71.2 Å². The van der Waals surface area contributed by atoms with Crippen LogP contribution in [0.4, 0.5) is 8.78 Å². The Hall–Kier alpha value is 0.184. The Balaban J connectivity index is 0.00000133. The molecule has 0 radical (unpaired) electrons. The molecule has 96 valence electrons. The zero-order valence-electron chi connectivity index (χ0n) is 10.9. The van der Waals surface area contributed by atoms with Gasteiger partial charge in [0.1, 0.15) is 11.6 Å². The summed E-state index contributed by atoms with van der Waals surface area (Å²) in [5, 5.41) is 0. The number of allylic oxidation sites excluding steroid dienone is 2. The van der Waals surface area contributed by atoms with Crippen LogP contribution in [0.3, 0.4) is 0 Å². The molecule has 2 aliphatic carbocycles. The molecule has 1 aromatic carbocycles. The van der Waals surface area contributed by atoms with Crippen LogP contribution in [0.15, 0.2) is 24.3 Å². The van der Waals surface area contributed by atoms with Gasteiger partial charge in [0.15, 0.2) is 0 Å². The molecule has 0 nitrogen and oxygen atoms in total. The maximum absolute atomic E-state index is 13.2. The van der Waals surface area contributed by atoms with Gasteiger partial charge in [0.25, 0.3) is 0 Å². The molecule has 2 atom stereocenters. The van der Waals surface area contributed by atoms with E-state index in [0.29, 0.717) is 5.92 Å². The molecular formula is C16H17F2Pr+2. The van der Waals surface area contributed by atoms with Crippen LogP contribution in [0.5, 0.6) is 0 Å². The maximum Gasteiger partial charge on any atom is 3.00 e. The van der Waals surface area contributed by atoms with Crippen LogP contribution in [0.1, 0.15) is 37.7 Å². The molecule has 0 heterocycles. The van der Waals surface area contributed by atoms with Gasteiger partial charge in [-0.3, -0.25) is 0 Å². The monoisotopic (exact) mass is 388 g/mol. The van der Waals surface area contributed by atoms with Crippen molar-refractivity contribution in [3.05, 3.63) is 47.9 Å². The van der Waals surface area contributed by atoms with Gasteiger partial charge in [-0.1, -0.05) is 18.4 Å². The van der Waals surface area contributed by atoms with Crippen molar-refractivity contribution in [2.75, 3.05) is 0 Å². The van der Waals surface area contributed by atoms with Crippen LogP contribution in [0.2, 0.25) is 0 Å². The average molecular weight is 388 g/mol. The van der Waals surface area contributed by atoms with Crippen molar-refractivity contribution in [3.8, 4) is 0 Å². The van der Waals surface area contributed by atoms with Gasteiger partial charge in [0.2, 0.25) is 0 Å². The summed E-state index contributed by atoms with van der Waals surface area (Å²) in [5.41, 5.74) is 1.84. The van der Waals surface area contributed by atoms with Gasteiger partial charge in [-0.15, -0.1) is 0 Å². The topological polar surface area (TPSA) is 0 Å². The Morgan fingerprint density at radius 1 is 1.05 bits per heavy atom. The zero-order chi connectivity index (χ0) is 12.5. The van der Waals surface area contributed by atoms with E-state index in [1.807, 2.05) is 0 Å². The molecule has 1 aromatic rings. The van der Waals surface area contributed by atoms with E-state index in [0.717, 1.165) is 36.0 Å². The van der Waals surface area contributed by atoms with Gasteiger partial charge in [0.05, 0.1) is 0 Å². The zero-order valence-corrected chi connectivity index (χ0v) is 14.6. The number of hydrogen-bond acceptors (Lipinski definition) is 0. The van der Waals surface area contributed by atoms with Gasteiger partial charge < -0.3 is 6.42 Å². The van der Waals surface area contributed by atoms with E-state index in [4.69, 9.17) is 0 Å². The molecule has 0 aliphatic heterocycles. The normalized spacial score (nSPS) is 26.1. The maximum atomic E-state index is 13.2. The smallest absolute Gasteiger partial charge is 0.328 e. The Morgan fingerprint density at radius 2 is 1.79 bits per heavy atom. The van der Waals surface area contributed by atoms with Crippen LogP contribution in [-0.4, -0.2) is 0 Å². The van der Waals surface area contributed by atoms with E-state index in [1.165, 1.54) is 31.4 Å². The molecular weight excluding hydrogens is 371 g/mol. The number of fused-ring (bicyclic) bond motifs is 1. The fourth-order valence-corrected chi connectivity index (χ4v) is 3.27. The summed E-state index contributed by atoms with van der Waals surface area (Å²) in [6, 6.07) is 3.83. The van der Waals surface area contributed by atoms with Gasteiger partial charge in [-0.2, -0.15) is 12.8 Å². The first-order valence-electron chi connectivity index (χ1n) is 6.71. The van der Waals surface area contributed by atoms with Crippen molar-refractivity contribution in [2.45, 2.75) is 32.1 Å². The summed E-state index contributed by atoms with van der Waals surface area (Å²) >= 11 is 0. The Bertz CT molecular complexity index is 461. The minimum Gasteiger partial charge on any atom is -0.328 e. The van der Waals surface area contributed by atoms with E-state index in [1.54, 1.807) is 0 Å². The predicted octanol–water partition coefficient (Wildman–Crippen LogP) is 4.76. The molecule has 0 bridgehead atoms. The van der Waals surface area contributed by atoms with Crippen LogP contribution in [-0.2, 0) is 0 Å². The number of benzene rings is 1. The molecule has 19 heavy (non-hydrogen) atoms. The molecule has 2 unspecified atom stereocenters. The van der Waals surface area contributed by atoms with E-state index in [-0.39, 0.29) is 41.3 Å². The fraction of sp³-hybridized carbons (Fsp3) is 0.438.